The van der Waals surface area contributed by atoms with Crippen LogP contribution in [0.3, 0.4) is 0 Å². The number of aryl methyl sites for hydroxylation is 1. The minimum absolute atomic E-state index is 0.308. The monoisotopic (exact) mass is 576 g/mol. The Morgan fingerprint density at radius 1 is 1.07 bits per heavy atom. The van der Waals surface area contributed by atoms with Gasteiger partial charge in [0.05, 0.1) is 23.5 Å². The molecule has 2 heterocycles. The fraction of sp³-hybridized carbons (Fsp3) is 0.448. The highest BCUT2D eigenvalue weighted by Crippen LogP contribution is 2.29. The number of rotatable bonds is 9. The number of aliphatic hydroxyl groups excluding tert-OH is 1. The molecule has 1 aliphatic carbocycles. The standard InChI is InChI=1S/C29H36N8O3S/c1-36-23-16-10-9-15-21(23)25(20-13-7-4-8-14-20)31-26(27(36)39)32-28(40)30-22(17-19-11-5-3-6-12-19)24(38)18-41-29-33-34-35-37(29)2/h4,7-10,13-16,19,22,24,26,38H,3,5-6,11-12,17-18H2,1-2H3,(H2,30,32,40). The SMILES string of the molecule is CN1C(=O)C(NC(=O)NC(CC2CCCCC2)C(O)CSc2nnnn2C)N=C(c2ccccc2)c2ccccc21. The lowest BCUT2D eigenvalue weighted by atomic mass is 9.84. The third kappa shape index (κ3) is 6.94. The third-order valence-corrected chi connectivity index (χ3v) is 8.83. The Labute approximate surface area is 243 Å². The van der Waals surface area contributed by atoms with E-state index in [1.165, 1.54) is 23.1 Å². The van der Waals surface area contributed by atoms with Crippen LogP contribution in [0.1, 0.15) is 49.7 Å². The number of thioether (sulfide) groups is 1. The number of benzodiazepines with no additional fused rings is 1. The lowest BCUT2D eigenvalue weighted by Crippen LogP contribution is -2.54. The number of likely N-dealkylation sites (N-methyl/N-ethyl adjacent to an activating group) is 1. The maximum absolute atomic E-state index is 13.5. The highest BCUT2D eigenvalue weighted by molar-refractivity contribution is 7.99. The molecule has 0 spiro atoms. The molecule has 3 unspecified atom stereocenters. The van der Waals surface area contributed by atoms with Crippen LogP contribution in [-0.2, 0) is 11.8 Å². The number of nitrogens with one attached hydrogen (secondary N) is 2. The number of hydrogen-bond donors (Lipinski definition) is 3. The van der Waals surface area contributed by atoms with E-state index in [4.69, 9.17) is 4.99 Å². The van der Waals surface area contributed by atoms with Crippen LogP contribution in [0.15, 0.2) is 64.7 Å². The number of para-hydroxylation sites is 1. The van der Waals surface area contributed by atoms with Gasteiger partial charge in [-0.3, -0.25) is 4.79 Å². The highest BCUT2D eigenvalue weighted by Gasteiger charge is 2.33. The maximum atomic E-state index is 13.5. The topological polar surface area (TPSA) is 138 Å². The molecule has 2 aliphatic rings. The number of nitrogens with zero attached hydrogens (tertiary/aromatic N) is 6. The summed E-state index contributed by atoms with van der Waals surface area (Å²) in [5.41, 5.74) is 2.98. The minimum atomic E-state index is -1.14. The molecule has 1 aromatic heterocycles. The molecule has 0 saturated heterocycles. The summed E-state index contributed by atoms with van der Waals surface area (Å²) >= 11 is 1.33. The Kier molecular flexibility index (Phi) is 9.30. The summed E-state index contributed by atoms with van der Waals surface area (Å²) in [6.45, 7) is 0. The summed E-state index contributed by atoms with van der Waals surface area (Å²) in [7, 11) is 3.43. The van der Waals surface area contributed by atoms with E-state index in [0.717, 1.165) is 36.8 Å². The van der Waals surface area contributed by atoms with Gasteiger partial charge in [0.25, 0.3) is 5.91 Å². The number of urea groups is 1. The second-order valence-corrected chi connectivity index (χ2v) is 11.6. The van der Waals surface area contributed by atoms with Crippen LogP contribution >= 0.6 is 11.8 Å². The van der Waals surface area contributed by atoms with Crippen molar-refractivity contribution in [2.75, 3.05) is 17.7 Å². The molecule has 216 valence electrons. The van der Waals surface area contributed by atoms with Crippen molar-refractivity contribution in [1.82, 2.24) is 30.8 Å². The first-order valence-electron chi connectivity index (χ1n) is 14.0. The van der Waals surface area contributed by atoms with Crippen LogP contribution in [0.4, 0.5) is 10.5 Å². The number of hydrogen-bond acceptors (Lipinski definition) is 8. The fourth-order valence-electron chi connectivity index (χ4n) is 5.49. The van der Waals surface area contributed by atoms with E-state index in [2.05, 4.69) is 26.2 Å². The zero-order chi connectivity index (χ0) is 28.8. The average Bonchev–Trinajstić information content (AvgIpc) is 3.38. The van der Waals surface area contributed by atoms with Crippen LogP contribution in [0.25, 0.3) is 0 Å². The van der Waals surface area contributed by atoms with Gasteiger partial charge in [0, 0.05) is 31.0 Å². The molecule has 1 saturated carbocycles. The molecule has 11 nitrogen and oxygen atoms in total. The first-order chi connectivity index (χ1) is 19.9. The maximum Gasteiger partial charge on any atom is 0.317 e. The number of carbonyl (C=O) groups is 2. The summed E-state index contributed by atoms with van der Waals surface area (Å²) in [6, 6.07) is 16.1. The van der Waals surface area contributed by atoms with Gasteiger partial charge in [-0.2, -0.15) is 0 Å². The number of anilines is 1. The Morgan fingerprint density at radius 2 is 1.80 bits per heavy atom. The number of fused-ring (bicyclic) bond motifs is 1. The molecular weight excluding hydrogens is 540 g/mol. The molecule has 3 amide bonds. The molecule has 12 heteroatoms. The van der Waals surface area contributed by atoms with E-state index in [1.54, 1.807) is 18.8 Å². The second-order valence-electron chi connectivity index (χ2n) is 10.6. The normalized spacial score (nSPS) is 19.1. The van der Waals surface area contributed by atoms with E-state index in [1.807, 2.05) is 54.6 Å². The largest absolute Gasteiger partial charge is 0.390 e. The van der Waals surface area contributed by atoms with E-state index in [0.29, 0.717) is 34.6 Å². The number of aliphatic hydroxyl groups is 1. The van der Waals surface area contributed by atoms with Gasteiger partial charge in [0.1, 0.15) is 0 Å². The van der Waals surface area contributed by atoms with Crippen molar-refractivity contribution in [2.45, 2.75) is 62.0 Å². The number of aromatic nitrogens is 4. The second kappa shape index (κ2) is 13.3. The summed E-state index contributed by atoms with van der Waals surface area (Å²) < 4.78 is 1.54. The van der Waals surface area contributed by atoms with Crippen molar-refractivity contribution in [3.05, 3.63) is 65.7 Å². The first-order valence-corrected chi connectivity index (χ1v) is 15.0. The van der Waals surface area contributed by atoms with Crippen molar-refractivity contribution in [1.29, 1.82) is 0 Å². The van der Waals surface area contributed by atoms with Crippen molar-refractivity contribution in [3.63, 3.8) is 0 Å². The van der Waals surface area contributed by atoms with Crippen LogP contribution in [0.5, 0.6) is 0 Å². The zero-order valence-electron chi connectivity index (χ0n) is 23.3. The molecule has 0 radical (unpaired) electrons. The number of carbonyl (C=O) groups excluding carboxylic acids is 2. The number of aliphatic imine (C=N–C) groups is 1. The van der Waals surface area contributed by atoms with Gasteiger partial charge in [-0.05, 0) is 28.8 Å². The van der Waals surface area contributed by atoms with Gasteiger partial charge < -0.3 is 20.6 Å². The van der Waals surface area contributed by atoms with E-state index in [9.17, 15) is 14.7 Å². The average molecular weight is 577 g/mol. The quantitative estimate of drug-likeness (QED) is 0.333. The molecule has 1 aliphatic heterocycles. The molecule has 1 fully saturated rings. The number of amides is 3. The molecule has 0 bridgehead atoms. The van der Waals surface area contributed by atoms with E-state index < -0.39 is 24.3 Å². The number of benzene rings is 2. The highest BCUT2D eigenvalue weighted by atomic mass is 32.2. The van der Waals surface area contributed by atoms with Crippen LogP contribution in [-0.4, -0.2) is 74.1 Å². The summed E-state index contributed by atoms with van der Waals surface area (Å²) in [6.07, 6.45) is 4.32. The van der Waals surface area contributed by atoms with Crippen molar-refractivity contribution >= 4 is 35.1 Å². The van der Waals surface area contributed by atoms with Crippen LogP contribution in [0.2, 0.25) is 0 Å². The lowest BCUT2D eigenvalue weighted by Gasteiger charge is -2.30. The minimum Gasteiger partial charge on any atom is -0.390 e. The van der Waals surface area contributed by atoms with Crippen molar-refractivity contribution < 1.29 is 14.7 Å². The molecule has 3 atom stereocenters. The van der Waals surface area contributed by atoms with Crippen LogP contribution in [0, 0.1) is 5.92 Å². The summed E-state index contributed by atoms with van der Waals surface area (Å²) in [4.78, 5) is 33.2. The Morgan fingerprint density at radius 3 is 2.54 bits per heavy atom. The first kappa shape index (κ1) is 28.7. The smallest absolute Gasteiger partial charge is 0.317 e. The summed E-state index contributed by atoms with van der Waals surface area (Å²) in [5, 5.41) is 29.0. The Balaban J connectivity index is 1.35. The van der Waals surface area contributed by atoms with Crippen molar-refractivity contribution in [2.24, 2.45) is 18.0 Å². The molecule has 5 rings (SSSR count). The van der Waals surface area contributed by atoms with Gasteiger partial charge in [-0.1, -0.05) is 92.4 Å². The Bertz CT molecular complexity index is 1380. The fourth-order valence-corrected chi connectivity index (χ4v) is 6.36. The molecule has 3 N–H and O–H groups in total. The molecule has 41 heavy (non-hydrogen) atoms. The van der Waals surface area contributed by atoms with Gasteiger partial charge >= 0.3 is 6.03 Å². The summed E-state index contributed by atoms with van der Waals surface area (Å²) in [5.74, 6) is 0.365. The Hall–Kier alpha value is -3.77. The van der Waals surface area contributed by atoms with Gasteiger partial charge in [-0.25, -0.2) is 14.5 Å². The van der Waals surface area contributed by atoms with E-state index in [-0.39, 0.29) is 5.91 Å². The van der Waals surface area contributed by atoms with Crippen LogP contribution < -0.4 is 15.5 Å². The number of tetrazole rings is 1. The zero-order valence-corrected chi connectivity index (χ0v) is 24.1. The molecule has 2 aromatic carbocycles. The van der Waals surface area contributed by atoms with E-state index >= 15 is 0 Å². The van der Waals surface area contributed by atoms with Gasteiger partial charge in [0.15, 0.2) is 0 Å². The van der Waals surface area contributed by atoms with Crippen molar-refractivity contribution in [3.8, 4) is 0 Å². The van der Waals surface area contributed by atoms with Gasteiger partial charge in [-0.15, -0.1) is 5.10 Å². The predicted molar refractivity (Wildman–Crippen MR) is 158 cm³/mol. The third-order valence-electron chi connectivity index (χ3n) is 7.72. The predicted octanol–water partition coefficient (Wildman–Crippen LogP) is 3.14. The molecular formula is C29H36N8O3S. The lowest BCUT2D eigenvalue weighted by molar-refractivity contribution is -0.119. The van der Waals surface area contributed by atoms with Gasteiger partial charge in [0.2, 0.25) is 11.3 Å². The molecule has 3 aromatic rings.